The minimum Gasteiger partial charge on any atom is -0.393 e. The predicted molar refractivity (Wildman–Crippen MR) is 99.9 cm³/mol. The van der Waals surface area contributed by atoms with Crippen molar-refractivity contribution in [3.63, 3.8) is 0 Å². The summed E-state index contributed by atoms with van der Waals surface area (Å²) in [6, 6.07) is 6.96. The molecule has 5 nitrogen and oxygen atoms in total. The van der Waals surface area contributed by atoms with Crippen molar-refractivity contribution < 1.29 is 14.2 Å². The SMILES string of the molecule is CCOC(CO)c1cc2[nH]cnc2c(F)c1Nc1ccc(Br)cc1Cl. The van der Waals surface area contributed by atoms with Crippen LogP contribution in [0.1, 0.15) is 18.6 Å². The summed E-state index contributed by atoms with van der Waals surface area (Å²) in [5.41, 5.74) is 1.92. The van der Waals surface area contributed by atoms with E-state index in [1.54, 1.807) is 24.3 Å². The van der Waals surface area contributed by atoms with Crippen LogP contribution in [0.25, 0.3) is 11.0 Å². The van der Waals surface area contributed by atoms with Crippen LogP contribution in [0.4, 0.5) is 15.8 Å². The second-order valence-corrected chi connectivity index (χ2v) is 6.65. The number of anilines is 2. The maximum absolute atomic E-state index is 15.1. The van der Waals surface area contributed by atoms with Gasteiger partial charge < -0.3 is 20.1 Å². The van der Waals surface area contributed by atoms with Crippen LogP contribution >= 0.6 is 27.5 Å². The van der Waals surface area contributed by atoms with Crippen molar-refractivity contribution in [3.05, 3.63) is 51.5 Å². The van der Waals surface area contributed by atoms with E-state index in [4.69, 9.17) is 16.3 Å². The number of nitrogens with zero attached hydrogens (tertiary/aromatic N) is 1. The zero-order chi connectivity index (χ0) is 18.0. The van der Waals surface area contributed by atoms with Crippen molar-refractivity contribution in [2.75, 3.05) is 18.5 Å². The van der Waals surface area contributed by atoms with Gasteiger partial charge in [0.05, 0.1) is 34.8 Å². The molecule has 25 heavy (non-hydrogen) atoms. The number of imidazole rings is 1. The molecule has 0 spiro atoms. The third-order valence-electron chi connectivity index (χ3n) is 3.76. The number of hydrogen-bond donors (Lipinski definition) is 3. The van der Waals surface area contributed by atoms with Crippen LogP contribution < -0.4 is 5.32 Å². The summed E-state index contributed by atoms with van der Waals surface area (Å²) in [4.78, 5) is 6.90. The fraction of sp³-hybridized carbons (Fsp3) is 0.235. The van der Waals surface area contributed by atoms with Gasteiger partial charge in [0.15, 0.2) is 5.82 Å². The average Bonchev–Trinajstić information content (AvgIpc) is 3.06. The Morgan fingerprint density at radius 2 is 2.24 bits per heavy atom. The fourth-order valence-electron chi connectivity index (χ4n) is 2.61. The normalized spacial score (nSPS) is 12.5. The summed E-state index contributed by atoms with van der Waals surface area (Å²) in [7, 11) is 0. The molecule has 3 aromatic rings. The molecule has 2 aromatic carbocycles. The third-order valence-corrected chi connectivity index (χ3v) is 4.56. The Hall–Kier alpha value is -1.67. The molecule has 0 saturated carbocycles. The van der Waals surface area contributed by atoms with E-state index >= 15 is 4.39 Å². The lowest BCUT2D eigenvalue weighted by Crippen LogP contribution is -2.12. The van der Waals surface area contributed by atoms with Crippen LogP contribution in [0.2, 0.25) is 5.02 Å². The Kier molecular flexibility index (Phi) is 5.58. The molecule has 1 aromatic heterocycles. The number of aromatic amines is 1. The lowest BCUT2D eigenvalue weighted by molar-refractivity contribution is 0.0193. The summed E-state index contributed by atoms with van der Waals surface area (Å²) in [5, 5.41) is 13.1. The Morgan fingerprint density at radius 3 is 2.92 bits per heavy atom. The number of ether oxygens (including phenoxy) is 1. The van der Waals surface area contributed by atoms with Gasteiger partial charge in [-0.3, -0.25) is 0 Å². The van der Waals surface area contributed by atoms with Gasteiger partial charge in [-0.15, -0.1) is 0 Å². The maximum Gasteiger partial charge on any atom is 0.174 e. The highest BCUT2D eigenvalue weighted by atomic mass is 79.9. The van der Waals surface area contributed by atoms with Crippen molar-refractivity contribution in [2.45, 2.75) is 13.0 Å². The van der Waals surface area contributed by atoms with Crippen molar-refractivity contribution in [1.29, 1.82) is 0 Å². The molecule has 3 rings (SSSR count). The lowest BCUT2D eigenvalue weighted by Gasteiger charge is -2.21. The second-order valence-electron chi connectivity index (χ2n) is 5.33. The molecule has 0 fully saturated rings. The second kappa shape index (κ2) is 7.70. The van der Waals surface area contributed by atoms with Gasteiger partial charge in [0.2, 0.25) is 0 Å². The van der Waals surface area contributed by atoms with Gasteiger partial charge in [0.1, 0.15) is 11.6 Å². The molecule has 8 heteroatoms. The molecule has 0 amide bonds. The first kappa shape index (κ1) is 18.1. The molecule has 0 aliphatic rings. The Balaban J connectivity index is 2.14. The zero-order valence-electron chi connectivity index (χ0n) is 13.3. The fourth-order valence-corrected chi connectivity index (χ4v) is 3.33. The number of aliphatic hydroxyl groups is 1. The molecule has 0 aliphatic heterocycles. The summed E-state index contributed by atoms with van der Waals surface area (Å²) >= 11 is 9.58. The number of fused-ring (bicyclic) bond motifs is 1. The summed E-state index contributed by atoms with van der Waals surface area (Å²) in [6.45, 7) is 1.91. The average molecular weight is 429 g/mol. The highest BCUT2D eigenvalue weighted by Gasteiger charge is 2.22. The number of halogens is 3. The van der Waals surface area contributed by atoms with E-state index < -0.39 is 11.9 Å². The van der Waals surface area contributed by atoms with Crippen molar-refractivity contribution >= 4 is 49.9 Å². The van der Waals surface area contributed by atoms with Gasteiger partial charge in [0, 0.05) is 16.6 Å². The molecular weight excluding hydrogens is 413 g/mol. The summed E-state index contributed by atoms with van der Waals surface area (Å²) < 4.78 is 21.4. The van der Waals surface area contributed by atoms with E-state index in [1.807, 2.05) is 6.92 Å². The van der Waals surface area contributed by atoms with Gasteiger partial charge in [-0.2, -0.15) is 0 Å². The Labute approximate surface area is 157 Å². The van der Waals surface area contributed by atoms with Crippen molar-refractivity contribution in [1.82, 2.24) is 9.97 Å². The number of hydrogen-bond acceptors (Lipinski definition) is 4. The quantitative estimate of drug-likeness (QED) is 0.520. The standard InChI is InChI=1S/C17H16BrClFN3O2/c1-2-25-14(7-24)10-6-13-17(22-8-21-13)15(20)16(10)23-12-4-3-9(18)5-11(12)19/h3-6,8,14,23-24H,2,7H2,1H3,(H,21,22). The molecule has 1 atom stereocenters. The molecule has 1 heterocycles. The van der Waals surface area contributed by atoms with Crippen LogP contribution in [0.3, 0.4) is 0 Å². The van der Waals surface area contributed by atoms with Crippen LogP contribution in [0, 0.1) is 5.82 Å². The smallest absolute Gasteiger partial charge is 0.174 e. The van der Waals surface area contributed by atoms with E-state index in [0.29, 0.717) is 28.4 Å². The number of aliphatic hydroxyl groups excluding tert-OH is 1. The number of aromatic nitrogens is 2. The maximum atomic E-state index is 15.1. The minimum atomic E-state index is -0.677. The van der Waals surface area contributed by atoms with Gasteiger partial charge >= 0.3 is 0 Å². The number of rotatable bonds is 6. The summed E-state index contributed by atoms with van der Waals surface area (Å²) in [5.74, 6) is -0.536. The van der Waals surface area contributed by atoms with E-state index in [2.05, 4.69) is 31.2 Å². The molecule has 3 N–H and O–H groups in total. The molecule has 132 valence electrons. The lowest BCUT2D eigenvalue weighted by atomic mass is 10.0. The summed E-state index contributed by atoms with van der Waals surface area (Å²) in [6.07, 6.45) is 0.742. The molecule has 0 aliphatic carbocycles. The third kappa shape index (κ3) is 3.64. The first-order chi connectivity index (χ1) is 12.0. The molecule has 0 saturated heterocycles. The molecule has 0 bridgehead atoms. The van der Waals surface area contributed by atoms with Crippen LogP contribution in [0.5, 0.6) is 0 Å². The van der Waals surface area contributed by atoms with Crippen molar-refractivity contribution in [3.8, 4) is 0 Å². The van der Waals surface area contributed by atoms with Crippen LogP contribution in [0.15, 0.2) is 35.1 Å². The number of nitrogens with one attached hydrogen (secondary N) is 2. The van der Waals surface area contributed by atoms with E-state index in [1.165, 1.54) is 6.33 Å². The minimum absolute atomic E-state index is 0.177. The predicted octanol–water partition coefficient (Wildman–Crippen LogP) is 4.93. The Morgan fingerprint density at radius 1 is 1.44 bits per heavy atom. The molecular formula is C17H16BrClFN3O2. The number of benzene rings is 2. The van der Waals surface area contributed by atoms with Crippen molar-refractivity contribution in [2.24, 2.45) is 0 Å². The highest BCUT2D eigenvalue weighted by Crippen LogP contribution is 2.37. The Bertz CT molecular complexity index is 903. The largest absolute Gasteiger partial charge is 0.393 e. The van der Waals surface area contributed by atoms with Gasteiger partial charge in [-0.1, -0.05) is 27.5 Å². The highest BCUT2D eigenvalue weighted by molar-refractivity contribution is 9.10. The van der Waals surface area contributed by atoms with E-state index in [-0.39, 0.29) is 17.8 Å². The monoisotopic (exact) mass is 427 g/mol. The number of H-pyrrole nitrogens is 1. The van der Waals surface area contributed by atoms with Gasteiger partial charge in [-0.05, 0) is 31.2 Å². The molecule has 1 unspecified atom stereocenters. The topological polar surface area (TPSA) is 70.2 Å². The first-order valence-electron chi connectivity index (χ1n) is 7.65. The molecule has 0 radical (unpaired) electrons. The zero-order valence-corrected chi connectivity index (χ0v) is 15.7. The van der Waals surface area contributed by atoms with Gasteiger partial charge in [-0.25, -0.2) is 9.37 Å². The first-order valence-corrected chi connectivity index (χ1v) is 8.82. The van der Waals surface area contributed by atoms with E-state index in [9.17, 15) is 5.11 Å². The van der Waals surface area contributed by atoms with E-state index in [0.717, 1.165) is 4.47 Å². The van der Waals surface area contributed by atoms with Crippen LogP contribution in [-0.2, 0) is 4.74 Å². The van der Waals surface area contributed by atoms with Gasteiger partial charge in [0.25, 0.3) is 0 Å². The van der Waals surface area contributed by atoms with Crippen LogP contribution in [-0.4, -0.2) is 28.3 Å².